The molecule has 7 heteroatoms. The summed E-state index contributed by atoms with van der Waals surface area (Å²) in [6.07, 6.45) is 0. The Morgan fingerprint density at radius 2 is 1.86 bits per heavy atom. The smallest absolute Gasteiger partial charge is 0.234 e. The highest BCUT2D eigenvalue weighted by Crippen LogP contribution is 2.23. The van der Waals surface area contributed by atoms with Gasteiger partial charge in [0, 0.05) is 11.1 Å². The molecule has 0 aliphatic heterocycles. The van der Waals surface area contributed by atoms with Crippen molar-refractivity contribution in [1.82, 2.24) is 15.2 Å². The molecule has 1 heterocycles. The summed E-state index contributed by atoms with van der Waals surface area (Å²) in [5, 5.41) is 12.6. The number of amides is 1. The minimum absolute atomic E-state index is 0.103. The summed E-state index contributed by atoms with van der Waals surface area (Å²) in [4.78, 5) is 16.7. The first-order valence-electron chi connectivity index (χ1n) is 9.18. The number of aromatic amines is 1. The molecule has 6 nitrogen and oxygen atoms in total. The lowest BCUT2D eigenvalue weighted by atomic mass is 10.1. The number of aryl methyl sites for hydroxylation is 1. The highest BCUT2D eigenvalue weighted by atomic mass is 32.2. The van der Waals surface area contributed by atoms with Crippen molar-refractivity contribution in [2.24, 2.45) is 0 Å². The maximum atomic E-state index is 12.4. The van der Waals surface area contributed by atoms with Crippen molar-refractivity contribution in [3.63, 3.8) is 0 Å². The minimum atomic E-state index is -0.103. The van der Waals surface area contributed by atoms with E-state index in [1.165, 1.54) is 17.3 Å². The Labute approximate surface area is 172 Å². The second-order valence-corrected chi connectivity index (χ2v) is 7.47. The Bertz CT molecular complexity index is 1120. The molecule has 0 spiro atoms. The van der Waals surface area contributed by atoms with Gasteiger partial charge in [0.2, 0.25) is 11.1 Å². The molecule has 0 aliphatic rings. The van der Waals surface area contributed by atoms with Crippen LogP contribution in [0.4, 0.5) is 5.69 Å². The molecule has 0 saturated heterocycles. The highest BCUT2D eigenvalue weighted by molar-refractivity contribution is 7.99. The van der Waals surface area contributed by atoms with Crippen molar-refractivity contribution in [2.75, 3.05) is 11.1 Å². The number of anilines is 1. The number of aromatic nitrogens is 3. The van der Waals surface area contributed by atoms with E-state index in [0.717, 1.165) is 22.2 Å². The van der Waals surface area contributed by atoms with Crippen molar-refractivity contribution in [1.29, 1.82) is 0 Å². The largest absolute Gasteiger partial charge is 0.486 e. The maximum Gasteiger partial charge on any atom is 0.234 e. The fraction of sp³-hybridized carbons (Fsp3) is 0.136. The molecule has 0 aliphatic carbocycles. The third-order valence-electron chi connectivity index (χ3n) is 4.30. The number of hydrogen-bond acceptors (Lipinski definition) is 5. The zero-order chi connectivity index (χ0) is 20.1. The number of benzene rings is 3. The van der Waals surface area contributed by atoms with E-state index in [-0.39, 0.29) is 11.7 Å². The maximum absolute atomic E-state index is 12.4. The van der Waals surface area contributed by atoms with Crippen LogP contribution in [0, 0.1) is 6.92 Å². The van der Waals surface area contributed by atoms with Crippen LogP contribution >= 0.6 is 11.8 Å². The zero-order valence-corrected chi connectivity index (χ0v) is 16.7. The molecule has 0 saturated carbocycles. The van der Waals surface area contributed by atoms with Crippen LogP contribution in [-0.4, -0.2) is 26.8 Å². The van der Waals surface area contributed by atoms with Crippen molar-refractivity contribution in [3.8, 4) is 5.75 Å². The number of nitrogens with one attached hydrogen (secondary N) is 2. The Morgan fingerprint density at radius 3 is 2.72 bits per heavy atom. The Balaban J connectivity index is 1.30. The summed E-state index contributed by atoms with van der Waals surface area (Å²) in [5.41, 5.74) is 1.98. The van der Waals surface area contributed by atoms with Gasteiger partial charge in [0.25, 0.3) is 0 Å². The number of rotatable bonds is 7. The average molecular weight is 404 g/mol. The monoisotopic (exact) mass is 404 g/mol. The van der Waals surface area contributed by atoms with E-state index >= 15 is 0 Å². The van der Waals surface area contributed by atoms with E-state index in [1.807, 2.05) is 73.7 Å². The fourth-order valence-corrected chi connectivity index (χ4v) is 3.46. The molecule has 0 radical (unpaired) electrons. The predicted octanol–water partition coefficient (Wildman–Crippen LogP) is 4.58. The number of carbonyl (C=O) groups is 1. The lowest BCUT2D eigenvalue weighted by Gasteiger charge is -2.08. The van der Waals surface area contributed by atoms with Crippen LogP contribution in [0.15, 0.2) is 71.9 Å². The van der Waals surface area contributed by atoms with Gasteiger partial charge >= 0.3 is 0 Å². The van der Waals surface area contributed by atoms with Gasteiger partial charge < -0.3 is 10.1 Å². The second kappa shape index (κ2) is 8.79. The molecule has 4 aromatic rings. The van der Waals surface area contributed by atoms with E-state index in [1.54, 1.807) is 0 Å². The molecule has 4 rings (SSSR count). The zero-order valence-electron chi connectivity index (χ0n) is 15.9. The molecule has 0 fully saturated rings. The van der Waals surface area contributed by atoms with Crippen molar-refractivity contribution >= 4 is 34.1 Å². The van der Waals surface area contributed by atoms with Crippen molar-refractivity contribution < 1.29 is 9.53 Å². The van der Waals surface area contributed by atoms with Crippen LogP contribution in [-0.2, 0) is 11.4 Å². The normalized spacial score (nSPS) is 10.8. The van der Waals surface area contributed by atoms with Crippen molar-refractivity contribution in [3.05, 3.63) is 78.1 Å². The molecule has 0 bridgehead atoms. The number of hydrogen-bond donors (Lipinski definition) is 2. The fourth-order valence-electron chi connectivity index (χ4n) is 2.84. The third-order valence-corrected chi connectivity index (χ3v) is 5.15. The van der Waals surface area contributed by atoms with Gasteiger partial charge in [-0.1, -0.05) is 65.9 Å². The van der Waals surface area contributed by atoms with Crippen molar-refractivity contribution in [2.45, 2.75) is 18.7 Å². The number of nitrogens with zero attached hydrogens (tertiary/aromatic N) is 2. The molecule has 3 aromatic carbocycles. The Hall–Kier alpha value is -3.32. The van der Waals surface area contributed by atoms with Gasteiger partial charge in [0.15, 0.2) is 5.82 Å². The SMILES string of the molecule is Cc1ccc(OCc2nc(SCC(=O)Nc3cccc4ccccc34)n[nH]2)cc1. The molecule has 0 unspecified atom stereocenters. The molecule has 2 N–H and O–H groups in total. The third kappa shape index (κ3) is 4.94. The topological polar surface area (TPSA) is 79.9 Å². The summed E-state index contributed by atoms with van der Waals surface area (Å²) in [6, 6.07) is 21.6. The quantitative estimate of drug-likeness (QED) is 0.441. The van der Waals surface area contributed by atoms with Crippen LogP contribution in [0.5, 0.6) is 5.75 Å². The standard InChI is InChI=1S/C22H20N4O2S/c1-15-9-11-17(12-10-15)28-13-20-24-22(26-25-20)29-14-21(27)23-19-8-4-6-16-5-2-3-7-18(16)19/h2-12H,13-14H2,1H3,(H,23,27)(H,24,25,26). The summed E-state index contributed by atoms with van der Waals surface area (Å²) in [5.74, 6) is 1.51. The number of H-pyrrole nitrogens is 1. The number of carbonyl (C=O) groups excluding carboxylic acids is 1. The van der Waals surface area contributed by atoms with Gasteiger partial charge in [0.1, 0.15) is 12.4 Å². The summed E-state index contributed by atoms with van der Waals surface area (Å²) < 4.78 is 5.68. The number of fused-ring (bicyclic) bond motifs is 1. The Morgan fingerprint density at radius 1 is 1.07 bits per heavy atom. The van der Waals surface area contributed by atoms with E-state index in [4.69, 9.17) is 4.74 Å². The molecule has 1 amide bonds. The summed E-state index contributed by atoms with van der Waals surface area (Å²) in [6.45, 7) is 2.32. The molecule has 0 atom stereocenters. The van der Waals surface area contributed by atoms with E-state index in [9.17, 15) is 4.79 Å². The first kappa shape index (κ1) is 19.0. The lowest BCUT2D eigenvalue weighted by molar-refractivity contribution is -0.113. The molecular weight excluding hydrogens is 384 g/mol. The molecule has 1 aromatic heterocycles. The summed E-state index contributed by atoms with van der Waals surface area (Å²) >= 11 is 1.28. The van der Waals surface area contributed by atoms with Gasteiger partial charge in [-0.2, -0.15) is 0 Å². The molecule has 146 valence electrons. The predicted molar refractivity (Wildman–Crippen MR) is 115 cm³/mol. The van der Waals surface area contributed by atoms with Gasteiger partial charge in [-0.05, 0) is 30.5 Å². The highest BCUT2D eigenvalue weighted by Gasteiger charge is 2.10. The van der Waals surface area contributed by atoms with Gasteiger partial charge in [0.05, 0.1) is 5.75 Å². The van der Waals surface area contributed by atoms with Crippen LogP contribution < -0.4 is 10.1 Å². The Kier molecular flexibility index (Phi) is 5.76. The van der Waals surface area contributed by atoms with Crippen LogP contribution in [0.25, 0.3) is 10.8 Å². The number of ether oxygens (including phenoxy) is 1. The molecular formula is C22H20N4O2S. The van der Waals surface area contributed by atoms with Crippen LogP contribution in [0.1, 0.15) is 11.4 Å². The lowest BCUT2D eigenvalue weighted by Crippen LogP contribution is -2.14. The second-order valence-electron chi connectivity index (χ2n) is 6.53. The average Bonchev–Trinajstić information content (AvgIpc) is 3.20. The van der Waals surface area contributed by atoms with E-state index < -0.39 is 0 Å². The summed E-state index contributed by atoms with van der Waals surface area (Å²) in [7, 11) is 0. The van der Waals surface area contributed by atoms with E-state index in [2.05, 4.69) is 20.5 Å². The van der Waals surface area contributed by atoms with Crippen LogP contribution in [0.2, 0.25) is 0 Å². The first-order valence-corrected chi connectivity index (χ1v) is 10.2. The van der Waals surface area contributed by atoms with E-state index in [0.29, 0.717) is 17.6 Å². The number of thioether (sulfide) groups is 1. The van der Waals surface area contributed by atoms with Crippen LogP contribution in [0.3, 0.4) is 0 Å². The molecule has 29 heavy (non-hydrogen) atoms. The minimum Gasteiger partial charge on any atom is -0.486 e. The van der Waals surface area contributed by atoms with Gasteiger partial charge in [-0.15, -0.1) is 5.10 Å². The first-order chi connectivity index (χ1) is 14.2. The van der Waals surface area contributed by atoms with Gasteiger partial charge in [-0.3, -0.25) is 9.89 Å². The van der Waals surface area contributed by atoms with Gasteiger partial charge in [-0.25, -0.2) is 4.98 Å².